The van der Waals surface area contributed by atoms with E-state index in [-0.39, 0.29) is 6.04 Å². The van der Waals surface area contributed by atoms with Crippen molar-refractivity contribution in [1.82, 2.24) is 9.78 Å². The fraction of sp³-hybridized carbons (Fsp3) is 0.385. The molecule has 0 amide bonds. The number of carboxylic acids is 1. The summed E-state index contributed by atoms with van der Waals surface area (Å²) in [5, 5.41) is 17.6. The van der Waals surface area contributed by atoms with Crippen LogP contribution >= 0.6 is 11.3 Å². The Bertz CT molecular complexity index is 570. The number of nitrogens with zero attached hydrogens (tertiary/aromatic N) is 2. The zero-order chi connectivity index (χ0) is 12.7. The maximum absolute atomic E-state index is 11.3. The number of rotatable bonds is 4. The molecule has 18 heavy (non-hydrogen) atoms. The second-order valence-corrected chi connectivity index (χ2v) is 5.55. The van der Waals surface area contributed by atoms with E-state index in [1.165, 1.54) is 12.8 Å². The van der Waals surface area contributed by atoms with Crippen molar-refractivity contribution < 1.29 is 9.90 Å². The molecule has 0 bridgehead atoms. The highest BCUT2D eigenvalue weighted by molar-refractivity contribution is 7.08. The predicted molar refractivity (Wildman–Crippen MR) is 69.9 cm³/mol. The van der Waals surface area contributed by atoms with Crippen molar-refractivity contribution in [3.63, 3.8) is 0 Å². The molecule has 2 aromatic heterocycles. The third-order valence-corrected chi connectivity index (χ3v) is 4.16. The predicted octanol–water partition coefficient (Wildman–Crippen LogP) is 3.28. The summed E-state index contributed by atoms with van der Waals surface area (Å²) in [5.74, 6) is -0.257. The summed E-state index contributed by atoms with van der Waals surface area (Å²) in [7, 11) is 0. The van der Waals surface area contributed by atoms with E-state index < -0.39 is 5.97 Å². The molecule has 1 unspecified atom stereocenters. The smallest absolute Gasteiger partial charge is 0.339 e. The fourth-order valence-corrected chi connectivity index (χ4v) is 2.80. The van der Waals surface area contributed by atoms with Crippen molar-refractivity contribution >= 4 is 17.3 Å². The quantitative estimate of drug-likeness (QED) is 0.920. The fourth-order valence-electron chi connectivity index (χ4n) is 2.16. The lowest BCUT2D eigenvalue weighted by Crippen LogP contribution is -2.07. The Morgan fingerprint density at radius 1 is 1.61 bits per heavy atom. The summed E-state index contributed by atoms with van der Waals surface area (Å²) in [4.78, 5) is 11.3. The van der Waals surface area contributed by atoms with Gasteiger partial charge in [0.1, 0.15) is 11.3 Å². The topological polar surface area (TPSA) is 55.1 Å². The lowest BCUT2D eigenvalue weighted by atomic mass is 10.1. The normalized spacial score (nSPS) is 16.7. The summed E-state index contributed by atoms with van der Waals surface area (Å²) in [6.07, 6.45) is 4.10. The van der Waals surface area contributed by atoms with Crippen LogP contribution in [0.4, 0.5) is 0 Å². The molecule has 4 nitrogen and oxygen atoms in total. The standard InChI is InChI=1S/C13H14N2O2S/c1-8(9-2-3-9)15-6-11(13(16)17)12(14-15)10-4-5-18-7-10/h4-9H,2-3H2,1H3,(H,16,17). The molecule has 94 valence electrons. The number of carbonyl (C=O) groups is 1. The molecule has 0 spiro atoms. The van der Waals surface area contributed by atoms with Gasteiger partial charge in [-0.25, -0.2) is 4.79 Å². The molecule has 5 heteroatoms. The van der Waals surface area contributed by atoms with Crippen LogP contribution in [-0.4, -0.2) is 20.9 Å². The summed E-state index contributed by atoms with van der Waals surface area (Å²) >= 11 is 1.55. The Kier molecular flexibility index (Phi) is 2.70. The first-order valence-corrected chi connectivity index (χ1v) is 6.96. The van der Waals surface area contributed by atoms with Gasteiger partial charge in [-0.3, -0.25) is 4.68 Å². The molecule has 3 rings (SSSR count). The SMILES string of the molecule is CC(C1CC1)n1cc(C(=O)O)c(-c2ccsc2)n1. The van der Waals surface area contributed by atoms with Gasteiger partial charge in [-0.15, -0.1) is 0 Å². The van der Waals surface area contributed by atoms with Crippen LogP contribution < -0.4 is 0 Å². The van der Waals surface area contributed by atoms with Crippen molar-refractivity contribution in [2.45, 2.75) is 25.8 Å². The van der Waals surface area contributed by atoms with Crippen LogP contribution in [0.1, 0.15) is 36.2 Å². The third kappa shape index (κ3) is 1.95. The molecule has 0 saturated heterocycles. The molecule has 0 radical (unpaired) electrons. The van der Waals surface area contributed by atoms with E-state index in [0.29, 0.717) is 17.2 Å². The second-order valence-electron chi connectivity index (χ2n) is 4.77. The van der Waals surface area contributed by atoms with Crippen molar-refractivity contribution in [2.75, 3.05) is 0 Å². The zero-order valence-electron chi connectivity index (χ0n) is 10.0. The van der Waals surface area contributed by atoms with E-state index in [4.69, 9.17) is 0 Å². The first-order chi connectivity index (χ1) is 8.66. The summed E-state index contributed by atoms with van der Waals surface area (Å²) in [5.41, 5.74) is 1.76. The van der Waals surface area contributed by atoms with Gasteiger partial charge in [-0.05, 0) is 37.1 Å². The molecule has 0 aromatic carbocycles. The lowest BCUT2D eigenvalue weighted by molar-refractivity contribution is 0.0697. The van der Waals surface area contributed by atoms with Gasteiger partial charge < -0.3 is 5.11 Å². The van der Waals surface area contributed by atoms with E-state index >= 15 is 0 Å². The van der Waals surface area contributed by atoms with Crippen LogP contribution in [0.3, 0.4) is 0 Å². The van der Waals surface area contributed by atoms with Crippen LogP contribution in [0.15, 0.2) is 23.0 Å². The molecule has 2 heterocycles. The first-order valence-electron chi connectivity index (χ1n) is 6.02. The molecule has 0 aliphatic heterocycles. The van der Waals surface area contributed by atoms with Crippen molar-refractivity contribution in [1.29, 1.82) is 0 Å². The molecule has 1 aliphatic carbocycles. The molecular formula is C13H14N2O2S. The zero-order valence-corrected chi connectivity index (χ0v) is 10.9. The van der Waals surface area contributed by atoms with Gasteiger partial charge in [0.25, 0.3) is 0 Å². The molecule has 2 aromatic rings. The van der Waals surface area contributed by atoms with Crippen LogP contribution in [0, 0.1) is 5.92 Å². The van der Waals surface area contributed by atoms with Gasteiger partial charge in [0.2, 0.25) is 0 Å². The van der Waals surface area contributed by atoms with Gasteiger partial charge in [-0.2, -0.15) is 16.4 Å². The minimum atomic E-state index is -0.912. The number of hydrogen-bond donors (Lipinski definition) is 1. The minimum absolute atomic E-state index is 0.287. The van der Waals surface area contributed by atoms with Crippen molar-refractivity contribution in [3.8, 4) is 11.3 Å². The Hall–Kier alpha value is -1.62. The molecule has 1 fully saturated rings. The van der Waals surface area contributed by atoms with E-state index in [1.807, 2.05) is 21.5 Å². The van der Waals surface area contributed by atoms with E-state index in [1.54, 1.807) is 17.5 Å². The number of aromatic carboxylic acids is 1. The van der Waals surface area contributed by atoms with Crippen molar-refractivity contribution in [2.24, 2.45) is 5.92 Å². The largest absolute Gasteiger partial charge is 0.478 e. The van der Waals surface area contributed by atoms with Crippen molar-refractivity contribution in [3.05, 3.63) is 28.6 Å². The summed E-state index contributed by atoms with van der Waals surface area (Å²) in [6, 6.07) is 2.20. The molecule has 1 saturated carbocycles. The highest BCUT2D eigenvalue weighted by Gasteiger charge is 2.31. The van der Waals surface area contributed by atoms with E-state index in [0.717, 1.165) is 5.56 Å². The highest BCUT2D eigenvalue weighted by Crippen LogP contribution is 2.39. The summed E-state index contributed by atoms with van der Waals surface area (Å²) in [6.45, 7) is 2.10. The maximum atomic E-state index is 11.3. The first kappa shape index (κ1) is 11.5. The monoisotopic (exact) mass is 262 g/mol. The maximum Gasteiger partial charge on any atom is 0.339 e. The third-order valence-electron chi connectivity index (χ3n) is 3.48. The number of hydrogen-bond acceptors (Lipinski definition) is 3. The van der Waals surface area contributed by atoms with Gasteiger partial charge in [0.05, 0.1) is 6.04 Å². The second kappa shape index (κ2) is 4.24. The number of thiophene rings is 1. The Morgan fingerprint density at radius 3 is 2.94 bits per heavy atom. The lowest BCUT2D eigenvalue weighted by Gasteiger charge is -2.09. The Morgan fingerprint density at radius 2 is 2.39 bits per heavy atom. The molecular weight excluding hydrogens is 248 g/mol. The van der Waals surface area contributed by atoms with E-state index in [9.17, 15) is 9.90 Å². The Balaban J connectivity index is 2.03. The van der Waals surface area contributed by atoms with E-state index in [2.05, 4.69) is 12.0 Å². The molecule has 1 atom stereocenters. The van der Waals surface area contributed by atoms with Crippen LogP contribution in [0.5, 0.6) is 0 Å². The average molecular weight is 262 g/mol. The minimum Gasteiger partial charge on any atom is -0.478 e. The van der Waals surface area contributed by atoms with Crippen LogP contribution in [0.2, 0.25) is 0 Å². The highest BCUT2D eigenvalue weighted by atomic mass is 32.1. The molecule has 1 aliphatic rings. The van der Waals surface area contributed by atoms with Gasteiger partial charge in [0.15, 0.2) is 0 Å². The van der Waals surface area contributed by atoms with Gasteiger partial charge in [-0.1, -0.05) is 0 Å². The average Bonchev–Trinajstić information content (AvgIpc) is 2.90. The molecule has 1 N–H and O–H groups in total. The number of carboxylic acid groups (broad SMARTS) is 1. The number of aromatic nitrogens is 2. The van der Waals surface area contributed by atoms with Gasteiger partial charge >= 0.3 is 5.97 Å². The van der Waals surface area contributed by atoms with Crippen LogP contribution in [0.25, 0.3) is 11.3 Å². The summed E-state index contributed by atoms with van der Waals surface area (Å²) < 4.78 is 1.81. The van der Waals surface area contributed by atoms with Crippen LogP contribution in [-0.2, 0) is 0 Å². The van der Waals surface area contributed by atoms with Gasteiger partial charge in [0, 0.05) is 17.1 Å². The Labute approximate surface area is 109 Å².